The molecule has 0 aliphatic rings. The molecular formula is C14H15F2NO4. The molecule has 5 nitrogen and oxygen atoms in total. The van der Waals surface area contributed by atoms with E-state index in [1.165, 1.54) is 6.08 Å². The molecule has 1 unspecified atom stereocenters. The number of nitrogens with one attached hydrogen (secondary N) is 1. The second-order valence-corrected chi connectivity index (χ2v) is 4.20. The minimum absolute atomic E-state index is 0.137. The fourth-order valence-corrected chi connectivity index (χ4v) is 1.54. The summed E-state index contributed by atoms with van der Waals surface area (Å²) in [6, 6.07) is 1.45. The number of carboxylic acids is 1. The van der Waals surface area contributed by atoms with Gasteiger partial charge in [-0.15, -0.1) is 6.58 Å². The molecule has 0 aliphatic carbocycles. The summed E-state index contributed by atoms with van der Waals surface area (Å²) in [6.07, 6.45) is 0.970. The molecule has 1 rings (SSSR count). The highest BCUT2D eigenvalue weighted by Crippen LogP contribution is 2.10. The quantitative estimate of drug-likeness (QED) is 0.560. The number of ether oxygens (including phenoxy) is 1. The number of amides is 1. The third-order valence-corrected chi connectivity index (χ3v) is 2.51. The molecule has 1 amide bonds. The summed E-state index contributed by atoms with van der Waals surface area (Å²) < 4.78 is 31.3. The predicted octanol–water partition coefficient (Wildman–Crippen LogP) is 1.28. The van der Waals surface area contributed by atoms with Crippen LogP contribution in [0, 0.1) is 11.6 Å². The first-order valence-corrected chi connectivity index (χ1v) is 6.08. The average molecular weight is 299 g/mol. The van der Waals surface area contributed by atoms with E-state index < -0.39 is 36.0 Å². The van der Waals surface area contributed by atoms with Crippen molar-refractivity contribution in [1.82, 2.24) is 5.32 Å². The van der Waals surface area contributed by atoms with Crippen molar-refractivity contribution in [3.05, 3.63) is 48.1 Å². The lowest BCUT2D eigenvalue weighted by Gasteiger charge is -2.14. The van der Waals surface area contributed by atoms with Crippen LogP contribution in [-0.2, 0) is 20.7 Å². The van der Waals surface area contributed by atoms with Crippen molar-refractivity contribution in [3.8, 4) is 0 Å². The number of rotatable bonds is 8. The standard InChI is InChI=1S/C14H15F2NO4/c1-2-5-21-8-12(14(19)20)17-13(18)7-9-6-10(15)3-4-11(9)16/h2-4,6,12H,1,5,7-8H2,(H,17,18)(H,19,20). The molecule has 0 heterocycles. The van der Waals surface area contributed by atoms with Gasteiger partial charge in [0.05, 0.1) is 19.6 Å². The zero-order chi connectivity index (χ0) is 15.8. The van der Waals surface area contributed by atoms with Crippen molar-refractivity contribution in [2.24, 2.45) is 0 Å². The Morgan fingerprint density at radius 3 is 2.76 bits per heavy atom. The highest BCUT2D eigenvalue weighted by Gasteiger charge is 2.20. The number of benzene rings is 1. The molecule has 0 saturated heterocycles. The molecule has 0 saturated carbocycles. The second kappa shape index (κ2) is 8.11. The molecule has 0 radical (unpaired) electrons. The first-order valence-electron chi connectivity index (χ1n) is 6.08. The Balaban J connectivity index is 2.63. The van der Waals surface area contributed by atoms with Crippen LogP contribution in [-0.4, -0.2) is 36.2 Å². The van der Waals surface area contributed by atoms with Crippen LogP contribution in [0.25, 0.3) is 0 Å². The summed E-state index contributed by atoms with van der Waals surface area (Å²) in [4.78, 5) is 22.6. The molecule has 1 aromatic carbocycles. The maximum atomic E-state index is 13.4. The zero-order valence-electron chi connectivity index (χ0n) is 11.1. The molecule has 1 aromatic rings. The number of aliphatic carboxylic acids is 1. The summed E-state index contributed by atoms with van der Waals surface area (Å²) in [5.74, 6) is -3.44. The average Bonchev–Trinajstić information content (AvgIpc) is 2.42. The summed E-state index contributed by atoms with van der Waals surface area (Å²) in [5.41, 5.74) is -0.149. The Labute approximate surface area is 120 Å². The molecule has 0 fully saturated rings. The van der Waals surface area contributed by atoms with Gasteiger partial charge >= 0.3 is 5.97 Å². The lowest BCUT2D eigenvalue weighted by Crippen LogP contribution is -2.44. The van der Waals surface area contributed by atoms with Crippen LogP contribution < -0.4 is 5.32 Å². The summed E-state index contributed by atoms with van der Waals surface area (Å²) in [5, 5.41) is 11.1. The van der Waals surface area contributed by atoms with E-state index in [1.807, 2.05) is 0 Å². The van der Waals surface area contributed by atoms with Gasteiger partial charge in [-0.2, -0.15) is 0 Å². The topological polar surface area (TPSA) is 75.6 Å². The van der Waals surface area contributed by atoms with E-state index in [0.717, 1.165) is 18.2 Å². The Morgan fingerprint density at radius 2 is 2.14 bits per heavy atom. The Bertz CT molecular complexity index is 534. The summed E-state index contributed by atoms with van der Waals surface area (Å²) >= 11 is 0. The van der Waals surface area contributed by atoms with Gasteiger partial charge in [0, 0.05) is 5.56 Å². The van der Waals surface area contributed by atoms with Crippen molar-refractivity contribution >= 4 is 11.9 Å². The minimum Gasteiger partial charge on any atom is -0.480 e. The fraction of sp³-hybridized carbons (Fsp3) is 0.286. The third-order valence-electron chi connectivity index (χ3n) is 2.51. The Hall–Kier alpha value is -2.28. The maximum absolute atomic E-state index is 13.4. The first kappa shape index (κ1) is 16.8. The van der Waals surface area contributed by atoms with Crippen LogP contribution in [0.15, 0.2) is 30.9 Å². The fourth-order valence-electron chi connectivity index (χ4n) is 1.54. The maximum Gasteiger partial charge on any atom is 0.328 e. The molecule has 21 heavy (non-hydrogen) atoms. The van der Waals surface area contributed by atoms with E-state index in [2.05, 4.69) is 11.9 Å². The van der Waals surface area contributed by atoms with Gasteiger partial charge in [-0.05, 0) is 18.2 Å². The first-order chi connectivity index (χ1) is 9.93. The van der Waals surface area contributed by atoms with Gasteiger partial charge in [0.2, 0.25) is 5.91 Å². The summed E-state index contributed by atoms with van der Waals surface area (Å²) in [7, 11) is 0. The zero-order valence-corrected chi connectivity index (χ0v) is 11.1. The molecule has 114 valence electrons. The smallest absolute Gasteiger partial charge is 0.328 e. The number of carboxylic acid groups (broad SMARTS) is 1. The van der Waals surface area contributed by atoms with Gasteiger partial charge in [0.1, 0.15) is 11.6 Å². The van der Waals surface area contributed by atoms with E-state index >= 15 is 0 Å². The molecular weight excluding hydrogens is 284 g/mol. The molecule has 0 bridgehead atoms. The normalized spacial score (nSPS) is 11.7. The van der Waals surface area contributed by atoms with Gasteiger partial charge in [0.15, 0.2) is 6.04 Å². The van der Waals surface area contributed by atoms with Gasteiger partial charge < -0.3 is 15.2 Å². The van der Waals surface area contributed by atoms with Crippen LogP contribution in [0.2, 0.25) is 0 Å². The van der Waals surface area contributed by atoms with E-state index in [1.54, 1.807) is 0 Å². The Kier molecular flexibility index (Phi) is 6.48. The SMILES string of the molecule is C=CCOCC(NC(=O)Cc1cc(F)ccc1F)C(=O)O. The second-order valence-electron chi connectivity index (χ2n) is 4.20. The molecule has 2 N–H and O–H groups in total. The molecule has 1 atom stereocenters. The lowest BCUT2D eigenvalue weighted by atomic mass is 10.1. The van der Waals surface area contributed by atoms with Gasteiger partial charge in [0.25, 0.3) is 0 Å². The molecule has 7 heteroatoms. The molecule has 0 aliphatic heterocycles. The van der Waals surface area contributed by atoms with Crippen molar-refractivity contribution in [1.29, 1.82) is 0 Å². The van der Waals surface area contributed by atoms with Gasteiger partial charge in [-0.3, -0.25) is 4.79 Å². The number of halogens is 2. The van der Waals surface area contributed by atoms with E-state index in [4.69, 9.17) is 9.84 Å². The minimum atomic E-state index is -1.29. The number of hydrogen-bond acceptors (Lipinski definition) is 3. The molecule has 0 spiro atoms. The van der Waals surface area contributed by atoms with Crippen molar-refractivity contribution < 1.29 is 28.2 Å². The van der Waals surface area contributed by atoms with Crippen molar-refractivity contribution in [2.45, 2.75) is 12.5 Å². The number of hydrogen-bond donors (Lipinski definition) is 2. The van der Waals surface area contributed by atoms with Crippen LogP contribution in [0.1, 0.15) is 5.56 Å². The predicted molar refractivity (Wildman–Crippen MR) is 70.6 cm³/mol. The van der Waals surface area contributed by atoms with Gasteiger partial charge in [-0.1, -0.05) is 6.08 Å². The van der Waals surface area contributed by atoms with Crippen LogP contribution in [0.4, 0.5) is 8.78 Å². The number of carbonyl (C=O) groups excluding carboxylic acids is 1. The van der Waals surface area contributed by atoms with Crippen molar-refractivity contribution in [2.75, 3.05) is 13.2 Å². The Morgan fingerprint density at radius 1 is 1.43 bits per heavy atom. The highest BCUT2D eigenvalue weighted by molar-refractivity contribution is 5.84. The largest absolute Gasteiger partial charge is 0.480 e. The van der Waals surface area contributed by atoms with E-state index in [9.17, 15) is 18.4 Å². The molecule has 0 aromatic heterocycles. The van der Waals surface area contributed by atoms with Crippen LogP contribution >= 0.6 is 0 Å². The third kappa shape index (κ3) is 5.70. The van der Waals surface area contributed by atoms with Crippen LogP contribution in [0.5, 0.6) is 0 Å². The number of carbonyl (C=O) groups is 2. The van der Waals surface area contributed by atoms with E-state index in [0.29, 0.717) is 0 Å². The monoisotopic (exact) mass is 299 g/mol. The van der Waals surface area contributed by atoms with E-state index in [-0.39, 0.29) is 18.8 Å². The van der Waals surface area contributed by atoms with Crippen molar-refractivity contribution in [3.63, 3.8) is 0 Å². The van der Waals surface area contributed by atoms with Gasteiger partial charge in [-0.25, -0.2) is 13.6 Å². The summed E-state index contributed by atoms with van der Waals surface area (Å²) in [6.45, 7) is 3.29. The highest BCUT2D eigenvalue weighted by atomic mass is 19.1. The lowest BCUT2D eigenvalue weighted by molar-refractivity contribution is -0.143. The van der Waals surface area contributed by atoms with Crippen LogP contribution in [0.3, 0.4) is 0 Å².